The summed E-state index contributed by atoms with van der Waals surface area (Å²) in [5, 5.41) is 21.8. The second-order valence-corrected chi connectivity index (χ2v) is 4.76. The average molecular weight is 353 g/mol. The normalized spacial score (nSPS) is 13.4. The van der Waals surface area contributed by atoms with Gasteiger partial charge in [-0.05, 0) is 28.9 Å². The van der Waals surface area contributed by atoms with Gasteiger partial charge in [0.15, 0.2) is 6.04 Å². The number of rotatable bonds is 4. The molecule has 0 radical (unpaired) electrons. The molecule has 0 spiro atoms. The van der Waals surface area contributed by atoms with Crippen molar-refractivity contribution in [2.45, 2.75) is 19.1 Å². The quantitative estimate of drug-likeness (QED) is 0.619. The predicted molar refractivity (Wildman–Crippen MR) is 69.3 cm³/mol. The van der Waals surface area contributed by atoms with Crippen molar-refractivity contribution in [3.05, 3.63) is 28.2 Å². The minimum absolute atomic E-state index is 0.117. The number of carboxylic acid groups (broad SMARTS) is 1. The summed E-state index contributed by atoms with van der Waals surface area (Å²) in [4.78, 5) is 22.2. The topological polar surface area (TPSA) is 98.7 Å². The van der Waals surface area contributed by atoms with Crippen LogP contribution in [0.1, 0.15) is 6.92 Å². The van der Waals surface area contributed by atoms with Crippen LogP contribution in [0.4, 0.5) is 19.3 Å². The van der Waals surface area contributed by atoms with Crippen LogP contribution in [0.5, 0.6) is 0 Å². The Hall–Kier alpha value is -1.74. The van der Waals surface area contributed by atoms with Crippen LogP contribution < -0.4 is 10.6 Å². The van der Waals surface area contributed by atoms with Crippen molar-refractivity contribution in [1.82, 2.24) is 5.32 Å². The van der Waals surface area contributed by atoms with Crippen molar-refractivity contribution in [2.75, 3.05) is 5.32 Å². The molecule has 2 atom stereocenters. The molecular formula is C11H11BrF2N2O4. The summed E-state index contributed by atoms with van der Waals surface area (Å²) in [7, 11) is 0. The predicted octanol–water partition coefficient (Wildman–Crippen LogP) is 1.68. The van der Waals surface area contributed by atoms with E-state index in [4.69, 9.17) is 10.2 Å². The maximum atomic E-state index is 13.4. The van der Waals surface area contributed by atoms with Crippen LogP contribution in [-0.2, 0) is 4.79 Å². The van der Waals surface area contributed by atoms with E-state index in [1.807, 2.05) is 10.6 Å². The van der Waals surface area contributed by atoms with E-state index >= 15 is 0 Å². The maximum Gasteiger partial charge on any atom is 0.328 e. The van der Waals surface area contributed by atoms with Crippen LogP contribution in [-0.4, -0.2) is 34.4 Å². The van der Waals surface area contributed by atoms with Gasteiger partial charge in [0.05, 0.1) is 16.3 Å². The number of aliphatic hydroxyl groups excluding tert-OH is 1. The molecule has 1 aromatic rings. The molecule has 2 amide bonds. The molecule has 1 rings (SSSR count). The molecule has 0 bridgehead atoms. The third-order valence-electron chi connectivity index (χ3n) is 2.29. The average Bonchev–Trinajstić information content (AvgIpc) is 2.32. The molecule has 2 unspecified atom stereocenters. The second kappa shape index (κ2) is 6.62. The summed E-state index contributed by atoms with van der Waals surface area (Å²) in [5.41, 5.74) is -0.460. The number of carboxylic acids is 1. The summed E-state index contributed by atoms with van der Waals surface area (Å²) >= 11 is 2.77. The highest BCUT2D eigenvalue weighted by molar-refractivity contribution is 9.10. The number of aliphatic carboxylic acids is 1. The van der Waals surface area contributed by atoms with E-state index in [2.05, 4.69) is 15.9 Å². The van der Waals surface area contributed by atoms with Gasteiger partial charge in [-0.3, -0.25) is 0 Å². The van der Waals surface area contributed by atoms with Gasteiger partial charge in [0.1, 0.15) is 11.6 Å². The number of urea groups is 1. The highest BCUT2D eigenvalue weighted by Crippen LogP contribution is 2.23. The van der Waals surface area contributed by atoms with Crippen LogP contribution in [0, 0.1) is 11.6 Å². The molecule has 0 saturated heterocycles. The zero-order valence-electron chi connectivity index (χ0n) is 10.2. The standard InChI is InChI=1S/C11H11BrF2N2O4/c1-4(17)9(10(18)19)16-11(20)15-8-3-6(13)5(12)2-7(8)14/h2-4,9,17H,1H3,(H,18,19)(H2,15,16,20). The molecule has 0 aliphatic carbocycles. The number of benzene rings is 1. The molecule has 0 aromatic heterocycles. The largest absolute Gasteiger partial charge is 0.480 e. The van der Waals surface area contributed by atoms with E-state index < -0.39 is 41.5 Å². The lowest BCUT2D eigenvalue weighted by Crippen LogP contribution is -2.49. The van der Waals surface area contributed by atoms with E-state index in [9.17, 15) is 18.4 Å². The van der Waals surface area contributed by atoms with Gasteiger partial charge >= 0.3 is 12.0 Å². The minimum Gasteiger partial charge on any atom is -0.480 e. The SMILES string of the molecule is CC(O)C(NC(=O)Nc1cc(F)c(Br)cc1F)C(=O)O. The first-order chi connectivity index (χ1) is 9.22. The molecule has 0 heterocycles. The first kappa shape index (κ1) is 16.3. The molecule has 0 saturated carbocycles. The zero-order chi connectivity index (χ0) is 15.4. The third-order valence-corrected chi connectivity index (χ3v) is 2.90. The first-order valence-electron chi connectivity index (χ1n) is 5.35. The van der Waals surface area contributed by atoms with Gasteiger partial charge < -0.3 is 20.8 Å². The lowest BCUT2D eigenvalue weighted by Gasteiger charge is -2.17. The molecule has 6 nitrogen and oxygen atoms in total. The smallest absolute Gasteiger partial charge is 0.328 e. The molecule has 1 aromatic carbocycles. The molecule has 0 aliphatic heterocycles. The minimum atomic E-state index is -1.57. The van der Waals surface area contributed by atoms with Crippen molar-refractivity contribution < 1.29 is 28.6 Å². The van der Waals surface area contributed by atoms with Gasteiger partial charge in [-0.25, -0.2) is 18.4 Å². The Bertz CT molecular complexity index is 539. The lowest BCUT2D eigenvalue weighted by atomic mass is 10.2. The zero-order valence-corrected chi connectivity index (χ0v) is 11.7. The molecule has 0 fully saturated rings. The van der Waals surface area contributed by atoms with Gasteiger partial charge in [-0.15, -0.1) is 0 Å². The Morgan fingerprint density at radius 3 is 2.40 bits per heavy atom. The summed E-state index contributed by atoms with van der Waals surface area (Å²) < 4.78 is 26.5. The Morgan fingerprint density at radius 1 is 1.30 bits per heavy atom. The van der Waals surface area contributed by atoms with Crippen LogP contribution >= 0.6 is 15.9 Å². The number of aliphatic hydroxyl groups is 1. The van der Waals surface area contributed by atoms with Crippen molar-refractivity contribution in [3.8, 4) is 0 Å². The number of halogens is 3. The van der Waals surface area contributed by atoms with E-state index in [1.54, 1.807) is 0 Å². The number of carbonyl (C=O) groups excluding carboxylic acids is 1. The molecule has 9 heteroatoms. The Labute approximate surface area is 120 Å². The van der Waals surface area contributed by atoms with Crippen LogP contribution in [0.2, 0.25) is 0 Å². The summed E-state index contributed by atoms with van der Waals surface area (Å²) in [5.74, 6) is -3.16. The van der Waals surface area contributed by atoms with Crippen molar-refractivity contribution in [1.29, 1.82) is 0 Å². The van der Waals surface area contributed by atoms with Crippen molar-refractivity contribution >= 4 is 33.6 Å². The number of amides is 2. The molecule has 20 heavy (non-hydrogen) atoms. The number of nitrogens with one attached hydrogen (secondary N) is 2. The second-order valence-electron chi connectivity index (χ2n) is 3.90. The van der Waals surface area contributed by atoms with Gasteiger partial charge in [0, 0.05) is 6.07 Å². The lowest BCUT2D eigenvalue weighted by molar-refractivity contribution is -0.141. The monoisotopic (exact) mass is 352 g/mol. The fourth-order valence-corrected chi connectivity index (χ4v) is 1.62. The summed E-state index contributed by atoms with van der Waals surface area (Å²) in [6, 6.07) is -1.11. The number of hydrogen-bond donors (Lipinski definition) is 4. The Balaban J connectivity index is 2.81. The molecule has 4 N–H and O–H groups in total. The van der Waals surface area contributed by atoms with E-state index in [0.29, 0.717) is 0 Å². The fraction of sp³-hybridized carbons (Fsp3) is 0.273. The summed E-state index contributed by atoms with van der Waals surface area (Å²) in [6.45, 7) is 1.17. The molecule has 110 valence electrons. The molecule has 0 aliphatic rings. The maximum absolute atomic E-state index is 13.4. The van der Waals surface area contributed by atoms with Gasteiger partial charge in [0.25, 0.3) is 0 Å². The van der Waals surface area contributed by atoms with Crippen LogP contribution in [0.15, 0.2) is 16.6 Å². The van der Waals surface area contributed by atoms with Gasteiger partial charge in [-0.2, -0.15) is 0 Å². The Morgan fingerprint density at radius 2 is 1.90 bits per heavy atom. The molecular weight excluding hydrogens is 342 g/mol. The number of carbonyl (C=O) groups is 2. The van der Waals surface area contributed by atoms with E-state index in [0.717, 1.165) is 12.1 Å². The van der Waals surface area contributed by atoms with E-state index in [1.165, 1.54) is 6.92 Å². The van der Waals surface area contributed by atoms with E-state index in [-0.39, 0.29) is 4.47 Å². The van der Waals surface area contributed by atoms with Crippen LogP contribution in [0.25, 0.3) is 0 Å². The first-order valence-corrected chi connectivity index (χ1v) is 6.14. The van der Waals surface area contributed by atoms with Gasteiger partial charge in [-0.1, -0.05) is 0 Å². The van der Waals surface area contributed by atoms with Crippen molar-refractivity contribution in [3.63, 3.8) is 0 Å². The summed E-state index contributed by atoms with van der Waals surface area (Å²) in [6.07, 6.45) is -1.36. The number of anilines is 1. The highest BCUT2D eigenvalue weighted by Gasteiger charge is 2.25. The van der Waals surface area contributed by atoms with Crippen LogP contribution in [0.3, 0.4) is 0 Å². The fourth-order valence-electron chi connectivity index (χ4n) is 1.31. The number of hydrogen-bond acceptors (Lipinski definition) is 3. The van der Waals surface area contributed by atoms with Gasteiger partial charge in [0.2, 0.25) is 0 Å². The third kappa shape index (κ3) is 4.14. The van der Waals surface area contributed by atoms with Crippen molar-refractivity contribution in [2.24, 2.45) is 0 Å². The highest BCUT2D eigenvalue weighted by atomic mass is 79.9. The Kier molecular flexibility index (Phi) is 5.40.